The highest BCUT2D eigenvalue weighted by molar-refractivity contribution is 4.86. The standard InChI is InChI=1S/C17H35NO2/c1-3-4-6-16-7-10-17(15-18,11-8-16)9-5-12-20-14-13-19-2/h16H,3-15,18H2,1-2H3. The predicted molar refractivity (Wildman–Crippen MR) is 84.9 cm³/mol. The molecule has 0 aromatic carbocycles. The van der Waals surface area contributed by atoms with Crippen molar-refractivity contribution >= 4 is 0 Å². The fourth-order valence-electron chi connectivity index (χ4n) is 3.42. The van der Waals surface area contributed by atoms with E-state index in [-0.39, 0.29) is 0 Å². The highest BCUT2D eigenvalue weighted by Crippen LogP contribution is 2.42. The first-order valence-electron chi connectivity index (χ1n) is 8.53. The van der Waals surface area contributed by atoms with E-state index in [4.69, 9.17) is 15.2 Å². The Morgan fingerprint density at radius 3 is 2.45 bits per heavy atom. The lowest BCUT2D eigenvalue weighted by Crippen LogP contribution is -2.35. The topological polar surface area (TPSA) is 44.5 Å². The molecule has 0 atom stereocenters. The number of unbranched alkanes of at least 4 members (excludes halogenated alkanes) is 1. The Kier molecular flexibility index (Phi) is 9.49. The molecular weight excluding hydrogens is 250 g/mol. The number of hydrogen-bond donors (Lipinski definition) is 1. The second-order valence-electron chi connectivity index (χ2n) is 6.50. The van der Waals surface area contributed by atoms with Crippen molar-refractivity contribution in [3.8, 4) is 0 Å². The first kappa shape index (κ1) is 17.9. The minimum Gasteiger partial charge on any atom is -0.382 e. The molecule has 0 radical (unpaired) electrons. The molecule has 1 saturated carbocycles. The zero-order chi connectivity index (χ0) is 14.7. The molecule has 1 aliphatic rings. The maximum Gasteiger partial charge on any atom is 0.0700 e. The number of nitrogens with two attached hydrogens (primary N) is 1. The molecule has 120 valence electrons. The van der Waals surface area contributed by atoms with Crippen molar-refractivity contribution in [2.24, 2.45) is 17.1 Å². The van der Waals surface area contributed by atoms with Crippen molar-refractivity contribution in [3.05, 3.63) is 0 Å². The molecule has 0 aliphatic heterocycles. The zero-order valence-corrected chi connectivity index (χ0v) is 13.7. The van der Waals surface area contributed by atoms with Gasteiger partial charge in [0.25, 0.3) is 0 Å². The molecule has 3 nitrogen and oxygen atoms in total. The molecule has 2 N–H and O–H groups in total. The van der Waals surface area contributed by atoms with Crippen LogP contribution in [-0.4, -0.2) is 33.5 Å². The molecule has 0 spiro atoms. The van der Waals surface area contributed by atoms with Gasteiger partial charge in [-0.25, -0.2) is 0 Å². The fourth-order valence-corrected chi connectivity index (χ4v) is 3.42. The summed E-state index contributed by atoms with van der Waals surface area (Å²) in [5, 5.41) is 0. The number of ether oxygens (including phenoxy) is 2. The molecule has 0 aromatic heterocycles. The number of hydrogen-bond acceptors (Lipinski definition) is 3. The summed E-state index contributed by atoms with van der Waals surface area (Å²) in [6, 6.07) is 0. The van der Waals surface area contributed by atoms with Gasteiger partial charge in [0, 0.05) is 13.7 Å². The van der Waals surface area contributed by atoms with Crippen LogP contribution in [-0.2, 0) is 9.47 Å². The van der Waals surface area contributed by atoms with Crippen LogP contribution in [0.1, 0.15) is 64.7 Å². The van der Waals surface area contributed by atoms with Crippen molar-refractivity contribution < 1.29 is 9.47 Å². The molecule has 0 aromatic rings. The first-order chi connectivity index (χ1) is 9.76. The molecule has 20 heavy (non-hydrogen) atoms. The average molecular weight is 285 g/mol. The second kappa shape index (κ2) is 10.6. The smallest absolute Gasteiger partial charge is 0.0700 e. The van der Waals surface area contributed by atoms with E-state index in [1.165, 1.54) is 51.4 Å². The van der Waals surface area contributed by atoms with E-state index in [0.717, 1.165) is 25.5 Å². The van der Waals surface area contributed by atoms with E-state index in [0.29, 0.717) is 18.6 Å². The van der Waals surface area contributed by atoms with Gasteiger partial charge in [0.1, 0.15) is 0 Å². The van der Waals surface area contributed by atoms with Crippen LogP contribution in [0.4, 0.5) is 0 Å². The minimum atomic E-state index is 0.410. The van der Waals surface area contributed by atoms with Gasteiger partial charge < -0.3 is 15.2 Å². The largest absolute Gasteiger partial charge is 0.382 e. The summed E-state index contributed by atoms with van der Waals surface area (Å²) in [6.45, 7) is 5.40. The van der Waals surface area contributed by atoms with E-state index in [2.05, 4.69) is 6.92 Å². The Balaban J connectivity index is 2.17. The molecule has 1 aliphatic carbocycles. The second-order valence-corrected chi connectivity index (χ2v) is 6.50. The summed E-state index contributed by atoms with van der Waals surface area (Å²) >= 11 is 0. The lowest BCUT2D eigenvalue weighted by molar-refractivity contribution is 0.0577. The Morgan fingerprint density at radius 1 is 1.10 bits per heavy atom. The van der Waals surface area contributed by atoms with Gasteiger partial charge in [-0.2, -0.15) is 0 Å². The van der Waals surface area contributed by atoms with Crippen LogP contribution in [0.25, 0.3) is 0 Å². The van der Waals surface area contributed by atoms with Crippen molar-refractivity contribution in [2.75, 3.05) is 33.5 Å². The lowest BCUT2D eigenvalue weighted by atomic mass is 9.67. The summed E-state index contributed by atoms with van der Waals surface area (Å²) in [4.78, 5) is 0. The van der Waals surface area contributed by atoms with Gasteiger partial charge in [0.15, 0.2) is 0 Å². The van der Waals surface area contributed by atoms with Crippen LogP contribution >= 0.6 is 0 Å². The monoisotopic (exact) mass is 285 g/mol. The maximum atomic E-state index is 6.09. The highest BCUT2D eigenvalue weighted by atomic mass is 16.5. The number of rotatable bonds is 11. The first-order valence-corrected chi connectivity index (χ1v) is 8.53. The quantitative estimate of drug-likeness (QED) is 0.588. The third-order valence-corrected chi connectivity index (χ3v) is 4.99. The van der Waals surface area contributed by atoms with Gasteiger partial charge in [0.05, 0.1) is 13.2 Å². The van der Waals surface area contributed by atoms with Gasteiger partial charge >= 0.3 is 0 Å². The van der Waals surface area contributed by atoms with E-state index < -0.39 is 0 Å². The van der Waals surface area contributed by atoms with E-state index >= 15 is 0 Å². The maximum absolute atomic E-state index is 6.09. The van der Waals surface area contributed by atoms with Crippen molar-refractivity contribution in [3.63, 3.8) is 0 Å². The third-order valence-electron chi connectivity index (χ3n) is 4.99. The molecule has 1 rings (SSSR count). The van der Waals surface area contributed by atoms with Gasteiger partial charge in [-0.3, -0.25) is 0 Å². The van der Waals surface area contributed by atoms with Crippen LogP contribution < -0.4 is 5.73 Å². The Labute approximate surface area is 125 Å². The lowest BCUT2D eigenvalue weighted by Gasteiger charge is -2.39. The average Bonchev–Trinajstić information content (AvgIpc) is 2.50. The SMILES string of the molecule is CCCCC1CCC(CN)(CCCOCCOC)CC1. The Morgan fingerprint density at radius 2 is 1.85 bits per heavy atom. The summed E-state index contributed by atoms with van der Waals surface area (Å²) in [6.07, 6.45) is 12.0. The molecule has 3 heteroatoms. The van der Waals surface area contributed by atoms with Gasteiger partial charge in [-0.15, -0.1) is 0 Å². The molecule has 0 unspecified atom stereocenters. The molecule has 0 bridgehead atoms. The number of methoxy groups -OCH3 is 1. The van der Waals surface area contributed by atoms with Crippen LogP contribution in [0.15, 0.2) is 0 Å². The van der Waals surface area contributed by atoms with Crippen molar-refractivity contribution in [2.45, 2.75) is 64.7 Å². The minimum absolute atomic E-state index is 0.410. The zero-order valence-electron chi connectivity index (χ0n) is 13.7. The summed E-state index contributed by atoms with van der Waals surface area (Å²) in [7, 11) is 1.71. The van der Waals surface area contributed by atoms with Crippen molar-refractivity contribution in [1.29, 1.82) is 0 Å². The summed E-state index contributed by atoms with van der Waals surface area (Å²) in [5.41, 5.74) is 6.50. The summed E-state index contributed by atoms with van der Waals surface area (Å²) < 4.78 is 10.5. The molecule has 0 heterocycles. The molecular formula is C17H35NO2. The molecule has 0 amide bonds. The van der Waals surface area contributed by atoms with Gasteiger partial charge in [-0.05, 0) is 56.4 Å². The highest BCUT2D eigenvalue weighted by Gasteiger charge is 2.33. The third kappa shape index (κ3) is 6.55. The van der Waals surface area contributed by atoms with Crippen LogP contribution in [0.3, 0.4) is 0 Å². The Hall–Kier alpha value is -0.120. The van der Waals surface area contributed by atoms with Crippen LogP contribution in [0.5, 0.6) is 0 Å². The predicted octanol–water partition coefficient (Wildman–Crippen LogP) is 3.76. The van der Waals surface area contributed by atoms with Gasteiger partial charge in [-0.1, -0.05) is 26.2 Å². The normalized spacial score (nSPS) is 26.9. The summed E-state index contributed by atoms with van der Waals surface area (Å²) in [5.74, 6) is 0.965. The van der Waals surface area contributed by atoms with E-state index in [1.54, 1.807) is 7.11 Å². The fraction of sp³-hybridized carbons (Fsp3) is 1.00. The molecule has 1 fully saturated rings. The van der Waals surface area contributed by atoms with Crippen LogP contribution in [0, 0.1) is 11.3 Å². The van der Waals surface area contributed by atoms with E-state index in [9.17, 15) is 0 Å². The Bertz CT molecular complexity index is 225. The van der Waals surface area contributed by atoms with E-state index in [1.807, 2.05) is 0 Å². The van der Waals surface area contributed by atoms with Crippen LogP contribution in [0.2, 0.25) is 0 Å². The van der Waals surface area contributed by atoms with Gasteiger partial charge in [0.2, 0.25) is 0 Å². The molecule has 0 saturated heterocycles. The van der Waals surface area contributed by atoms with Crippen molar-refractivity contribution in [1.82, 2.24) is 0 Å².